The van der Waals surface area contributed by atoms with Gasteiger partial charge in [0, 0.05) is 16.4 Å². The number of anilines is 1. The highest BCUT2D eigenvalue weighted by atomic mass is 35.5. The second-order valence-corrected chi connectivity index (χ2v) is 6.02. The Morgan fingerprint density at radius 1 is 1.12 bits per heavy atom. The van der Waals surface area contributed by atoms with Crippen LogP contribution in [0, 0.1) is 5.82 Å². The summed E-state index contributed by atoms with van der Waals surface area (Å²) in [7, 11) is 0. The summed E-state index contributed by atoms with van der Waals surface area (Å²) in [6, 6.07) is 11.3. The van der Waals surface area contributed by atoms with E-state index in [1.54, 1.807) is 31.2 Å². The van der Waals surface area contributed by atoms with Crippen LogP contribution in [0.1, 0.15) is 18.5 Å². The summed E-state index contributed by atoms with van der Waals surface area (Å²) in [4.78, 5) is 24.6. The fourth-order valence-corrected chi connectivity index (χ4v) is 2.76. The zero-order valence-corrected chi connectivity index (χ0v) is 14.0. The number of nitrogens with one attached hydrogen (secondary N) is 3. The molecule has 2 aromatic rings. The molecule has 0 saturated heterocycles. The van der Waals surface area contributed by atoms with E-state index in [1.165, 1.54) is 24.3 Å². The number of urea groups is 1. The van der Waals surface area contributed by atoms with Crippen molar-refractivity contribution >= 4 is 29.2 Å². The first-order chi connectivity index (χ1) is 11.9. The highest BCUT2D eigenvalue weighted by Crippen LogP contribution is 2.28. The third-order valence-corrected chi connectivity index (χ3v) is 4.07. The van der Waals surface area contributed by atoms with Crippen LogP contribution < -0.4 is 16.0 Å². The molecular formula is C18H15ClFN3O2. The average molecular weight is 360 g/mol. The summed E-state index contributed by atoms with van der Waals surface area (Å²) in [6.45, 7) is 1.65. The summed E-state index contributed by atoms with van der Waals surface area (Å²) in [5.74, 6) is -0.782. The van der Waals surface area contributed by atoms with Gasteiger partial charge >= 0.3 is 6.03 Å². The first-order valence-electron chi connectivity index (χ1n) is 7.54. The first kappa shape index (κ1) is 17.0. The van der Waals surface area contributed by atoms with Crippen LogP contribution in [0.25, 0.3) is 0 Å². The van der Waals surface area contributed by atoms with Crippen molar-refractivity contribution in [2.75, 3.05) is 5.32 Å². The Bertz CT molecular complexity index is 848. The maximum absolute atomic E-state index is 13.0. The van der Waals surface area contributed by atoms with E-state index in [9.17, 15) is 14.0 Å². The van der Waals surface area contributed by atoms with E-state index >= 15 is 0 Å². The maximum atomic E-state index is 13.0. The van der Waals surface area contributed by atoms with Crippen LogP contribution in [0.2, 0.25) is 5.02 Å². The van der Waals surface area contributed by atoms with Crippen molar-refractivity contribution in [1.29, 1.82) is 0 Å². The molecule has 0 bridgehead atoms. The molecule has 2 aromatic carbocycles. The fourth-order valence-electron chi connectivity index (χ4n) is 2.63. The Morgan fingerprint density at radius 2 is 1.76 bits per heavy atom. The van der Waals surface area contributed by atoms with Gasteiger partial charge in [-0.2, -0.15) is 0 Å². The second-order valence-electron chi connectivity index (χ2n) is 5.58. The fraction of sp³-hybridized carbons (Fsp3) is 0.111. The van der Waals surface area contributed by atoms with Crippen molar-refractivity contribution in [2.24, 2.45) is 0 Å². The number of allylic oxidation sites excluding steroid dienone is 1. The number of carbonyl (C=O) groups is 2. The summed E-state index contributed by atoms with van der Waals surface area (Å²) >= 11 is 5.91. The highest BCUT2D eigenvalue weighted by molar-refractivity contribution is 6.30. The lowest BCUT2D eigenvalue weighted by atomic mass is 9.95. The number of benzene rings is 2. The zero-order valence-electron chi connectivity index (χ0n) is 13.3. The van der Waals surface area contributed by atoms with Gasteiger partial charge in [-0.15, -0.1) is 0 Å². The van der Waals surface area contributed by atoms with E-state index in [1.807, 2.05) is 0 Å². The number of carbonyl (C=O) groups excluding carboxylic acids is 2. The number of rotatable bonds is 3. The first-order valence-corrected chi connectivity index (χ1v) is 7.92. The molecule has 0 radical (unpaired) electrons. The minimum absolute atomic E-state index is 0.367. The molecule has 1 atom stereocenters. The van der Waals surface area contributed by atoms with Crippen LogP contribution in [0.5, 0.6) is 0 Å². The molecule has 25 heavy (non-hydrogen) atoms. The van der Waals surface area contributed by atoms with Gasteiger partial charge in [0.25, 0.3) is 5.91 Å². The summed E-state index contributed by atoms with van der Waals surface area (Å²) in [5.41, 5.74) is 2.00. The lowest BCUT2D eigenvalue weighted by Crippen LogP contribution is -2.45. The Labute approximate surface area is 148 Å². The maximum Gasteiger partial charge on any atom is 0.319 e. The molecule has 3 rings (SSSR count). The smallest absolute Gasteiger partial charge is 0.319 e. The quantitative estimate of drug-likeness (QED) is 0.781. The topological polar surface area (TPSA) is 70.2 Å². The molecule has 3 N–H and O–H groups in total. The van der Waals surface area contributed by atoms with Gasteiger partial charge in [-0.3, -0.25) is 4.79 Å². The minimum atomic E-state index is -0.619. The van der Waals surface area contributed by atoms with Crippen molar-refractivity contribution in [3.8, 4) is 0 Å². The van der Waals surface area contributed by atoms with E-state index in [0.717, 1.165) is 5.56 Å². The van der Waals surface area contributed by atoms with E-state index in [4.69, 9.17) is 11.6 Å². The minimum Gasteiger partial charge on any atom is -0.327 e. The number of hydrogen-bond donors (Lipinski definition) is 3. The zero-order chi connectivity index (χ0) is 18.0. The Hall–Kier alpha value is -2.86. The van der Waals surface area contributed by atoms with Gasteiger partial charge in [-0.05, 0) is 48.9 Å². The van der Waals surface area contributed by atoms with Crippen LogP contribution in [0.4, 0.5) is 14.9 Å². The lowest BCUT2D eigenvalue weighted by molar-refractivity contribution is -0.113. The molecule has 1 unspecified atom stereocenters. The molecule has 0 aromatic heterocycles. The van der Waals surface area contributed by atoms with Gasteiger partial charge in [-0.25, -0.2) is 9.18 Å². The Kier molecular flexibility index (Phi) is 4.72. The molecule has 0 aliphatic carbocycles. The van der Waals surface area contributed by atoms with Crippen molar-refractivity contribution in [3.63, 3.8) is 0 Å². The molecule has 1 heterocycles. The SMILES string of the molecule is CC1=C(C(=O)Nc2ccc(F)cc2)C(c2ccc(Cl)cc2)NC(=O)N1. The summed E-state index contributed by atoms with van der Waals surface area (Å²) < 4.78 is 13.0. The third-order valence-electron chi connectivity index (χ3n) is 3.82. The van der Waals surface area contributed by atoms with Crippen LogP contribution in [-0.4, -0.2) is 11.9 Å². The van der Waals surface area contributed by atoms with E-state index < -0.39 is 18.0 Å². The number of amides is 3. The predicted octanol–water partition coefficient (Wildman–Crippen LogP) is 3.75. The normalized spacial score (nSPS) is 16.9. The monoisotopic (exact) mass is 359 g/mol. The van der Waals surface area contributed by atoms with Gasteiger partial charge in [0.1, 0.15) is 5.82 Å². The standard InChI is InChI=1S/C18H15ClFN3O2/c1-10-15(17(24)22-14-8-6-13(20)7-9-14)16(23-18(25)21-10)11-2-4-12(19)5-3-11/h2-9,16H,1H3,(H,22,24)(H2,21,23,25). The second kappa shape index (κ2) is 6.94. The molecular weight excluding hydrogens is 345 g/mol. The van der Waals surface area contributed by atoms with Gasteiger partial charge in [0.05, 0.1) is 11.6 Å². The molecule has 128 valence electrons. The largest absolute Gasteiger partial charge is 0.327 e. The van der Waals surface area contributed by atoms with Gasteiger partial charge < -0.3 is 16.0 Å². The van der Waals surface area contributed by atoms with Gasteiger partial charge in [0.15, 0.2) is 0 Å². The average Bonchev–Trinajstić information content (AvgIpc) is 2.57. The lowest BCUT2D eigenvalue weighted by Gasteiger charge is -2.28. The van der Waals surface area contributed by atoms with Gasteiger partial charge in [-0.1, -0.05) is 23.7 Å². The molecule has 0 fully saturated rings. The van der Waals surface area contributed by atoms with E-state index in [2.05, 4.69) is 16.0 Å². The molecule has 0 spiro atoms. The summed E-state index contributed by atoms with van der Waals surface area (Å²) in [5, 5.41) is 8.61. The van der Waals surface area contributed by atoms with E-state index in [0.29, 0.717) is 22.0 Å². The molecule has 1 aliphatic rings. The van der Waals surface area contributed by atoms with Crippen molar-refractivity contribution in [2.45, 2.75) is 13.0 Å². The number of hydrogen-bond acceptors (Lipinski definition) is 2. The van der Waals surface area contributed by atoms with Crippen LogP contribution in [0.3, 0.4) is 0 Å². The van der Waals surface area contributed by atoms with Crippen LogP contribution >= 0.6 is 11.6 Å². The van der Waals surface area contributed by atoms with E-state index in [-0.39, 0.29) is 5.82 Å². The highest BCUT2D eigenvalue weighted by Gasteiger charge is 2.31. The van der Waals surface area contributed by atoms with Crippen molar-refractivity contribution in [1.82, 2.24) is 10.6 Å². The molecule has 7 heteroatoms. The number of halogens is 2. The molecule has 5 nitrogen and oxygen atoms in total. The Morgan fingerprint density at radius 3 is 2.40 bits per heavy atom. The van der Waals surface area contributed by atoms with Crippen LogP contribution in [-0.2, 0) is 4.79 Å². The van der Waals surface area contributed by atoms with Crippen molar-refractivity contribution in [3.05, 3.63) is 76.2 Å². The van der Waals surface area contributed by atoms with Crippen LogP contribution in [0.15, 0.2) is 59.8 Å². The third kappa shape index (κ3) is 3.80. The summed E-state index contributed by atoms with van der Waals surface area (Å²) in [6.07, 6.45) is 0. The molecule has 0 saturated carbocycles. The van der Waals surface area contributed by atoms with Gasteiger partial charge in [0.2, 0.25) is 0 Å². The predicted molar refractivity (Wildman–Crippen MR) is 93.6 cm³/mol. The molecule has 1 aliphatic heterocycles. The Balaban J connectivity index is 1.92. The molecule has 3 amide bonds. The van der Waals surface area contributed by atoms with Crippen molar-refractivity contribution < 1.29 is 14.0 Å².